The molecule has 6 heteroatoms. The first-order chi connectivity index (χ1) is 9.53. The Morgan fingerprint density at radius 2 is 2.20 bits per heavy atom. The molecule has 1 aromatic rings. The largest absolute Gasteiger partial charge is 0.385 e. The topological polar surface area (TPSA) is 70.2 Å². The number of sulfonamides is 1. The third kappa shape index (κ3) is 3.71. The molecule has 0 aromatic heterocycles. The van der Waals surface area contributed by atoms with Gasteiger partial charge in [-0.15, -0.1) is 0 Å². The number of benzene rings is 1. The van der Waals surface area contributed by atoms with Crippen LogP contribution in [0.25, 0.3) is 0 Å². The van der Waals surface area contributed by atoms with Gasteiger partial charge in [-0.25, -0.2) is 13.1 Å². The number of anilines is 1. The summed E-state index contributed by atoms with van der Waals surface area (Å²) in [5, 5.41) is 6.73. The van der Waals surface area contributed by atoms with Crippen molar-refractivity contribution in [2.24, 2.45) is 5.92 Å². The summed E-state index contributed by atoms with van der Waals surface area (Å²) in [6.45, 7) is 4.81. The number of piperidine rings is 1. The molecule has 1 aliphatic rings. The summed E-state index contributed by atoms with van der Waals surface area (Å²) in [5.74, 6) is 0.606. The van der Waals surface area contributed by atoms with Crippen LogP contribution in [0.3, 0.4) is 0 Å². The van der Waals surface area contributed by atoms with E-state index < -0.39 is 10.0 Å². The van der Waals surface area contributed by atoms with Gasteiger partial charge in [-0.3, -0.25) is 0 Å². The lowest BCUT2D eigenvalue weighted by molar-refractivity contribution is 0.393. The number of rotatable bonds is 5. The van der Waals surface area contributed by atoms with Crippen LogP contribution in [0, 0.1) is 12.8 Å². The van der Waals surface area contributed by atoms with E-state index in [1.807, 2.05) is 12.1 Å². The average molecular weight is 297 g/mol. The maximum atomic E-state index is 11.9. The van der Waals surface area contributed by atoms with Crippen molar-refractivity contribution >= 4 is 15.7 Å². The Hall–Kier alpha value is -1.11. The second-order valence-corrected chi connectivity index (χ2v) is 7.14. The third-order valence-corrected chi connectivity index (χ3v) is 5.30. The van der Waals surface area contributed by atoms with E-state index in [1.165, 1.54) is 19.9 Å². The zero-order chi connectivity index (χ0) is 14.6. The van der Waals surface area contributed by atoms with E-state index in [4.69, 9.17) is 0 Å². The van der Waals surface area contributed by atoms with Crippen LogP contribution in [-0.4, -0.2) is 35.1 Å². The molecule has 2 rings (SSSR count). The van der Waals surface area contributed by atoms with Crippen molar-refractivity contribution in [3.05, 3.63) is 23.8 Å². The maximum Gasteiger partial charge on any atom is 0.240 e. The van der Waals surface area contributed by atoms with Gasteiger partial charge in [0.1, 0.15) is 0 Å². The highest BCUT2D eigenvalue weighted by atomic mass is 32.2. The molecule has 0 spiro atoms. The highest BCUT2D eigenvalue weighted by Gasteiger charge is 2.16. The van der Waals surface area contributed by atoms with Crippen molar-refractivity contribution in [2.75, 3.05) is 32.0 Å². The monoisotopic (exact) mass is 297 g/mol. The molecule has 1 unspecified atom stereocenters. The van der Waals surface area contributed by atoms with Crippen LogP contribution in [0.15, 0.2) is 23.1 Å². The predicted octanol–water partition coefficient (Wildman–Crippen LogP) is 1.31. The van der Waals surface area contributed by atoms with Gasteiger partial charge in [-0.1, -0.05) is 6.07 Å². The Labute approximate surface area is 121 Å². The van der Waals surface area contributed by atoms with Crippen LogP contribution in [0.1, 0.15) is 18.4 Å². The van der Waals surface area contributed by atoms with E-state index in [2.05, 4.69) is 15.4 Å². The molecule has 1 saturated heterocycles. The molecule has 1 heterocycles. The fourth-order valence-electron chi connectivity index (χ4n) is 2.47. The summed E-state index contributed by atoms with van der Waals surface area (Å²) < 4.78 is 26.2. The molecule has 0 saturated carbocycles. The molecule has 0 bridgehead atoms. The molecule has 1 aromatic carbocycles. The van der Waals surface area contributed by atoms with E-state index in [9.17, 15) is 8.42 Å². The quantitative estimate of drug-likeness (QED) is 0.766. The smallest absolute Gasteiger partial charge is 0.240 e. The molecule has 0 radical (unpaired) electrons. The lowest BCUT2D eigenvalue weighted by atomic mass is 10.00. The summed E-state index contributed by atoms with van der Waals surface area (Å²) in [7, 11) is -1.96. The molecule has 3 N–H and O–H groups in total. The van der Waals surface area contributed by atoms with Crippen LogP contribution in [0.5, 0.6) is 0 Å². The zero-order valence-corrected chi connectivity index (χ0v) is 12.9. The third-order valence-electron chi connectivity index (χ3n) is 3.74. The molecular formula is C14H23N3O2S. The standard InChI is InChI=1S/C14H23N3O2S/c1-11-5-6-13(8-14(11)20(18,19)15-2)17-10-12-4-3-7-16-9-12/h5-6,8,12,15-17H,3-4,7,9-10H2,1-2H3. The molecule has 20 heavy (non-hydrogen) atoms. The number of nitrogens with one attached hydrogen (secondary N) is 3. The van der Waals surface area contributed by atoms with Crippen molar-refractivity contribution in [3.63, 3.8) is 0 Å². The second-order valence-electron chi connectivity index (χ2n) is 5.28. The minimum Gasteiger partial charge on any atom is -0.385 e. The summed E-state index contributed by atoms with van der Waals surface area (Å²) in [6, 6.07) is 5.48. The van der Waals surface area contributed by atoms with Crippen LogP contribution in [-0.2, 0) is 10.0 Å². The zero-order valence-electron chi connectivity index (χ0n) is 12.1. The molecule has 1 atom stereocenters. The van der Waals surface area contributed by atoms with Crippen molar-refractivity contribution in [1.29, 1.82) is 0 Å². The molecule has 112 valence electrons. The van der Waals surface area contributed by atoms with E-state index >= 15 is 0 Å². The normalized spacial score (nSPS) is 19.8. The van der Waals surface area contributed by atoms with E-state index in [1.54, 1.807) is 13.0 Å². The fourth-order valence-corrected chi connectivity index (χ4v) is 3.46. The van der Waals surface area contributed by atoms with Gasteiger partial charge in [0.15, 0.2) is 0 Å². The molecule has 0 amide bonds. The van der Waals surface area contributed by atoms with E-state index in [-0.39, 0.29) is 0 Å². The van der Waals surface area contributed by atoms with Gasteiger partial charge in [-0.05, 0) is 63.5 Å². The van der Waals surface area contributed by atoms with Crippen LogP contribution in [0.4, 0.5) is 5.69 Å². The highest BCUT2D eigenvalue weighted by molar-refractivity contribution is 7.89. The Balaban J connectivity index is 2.07. The van der Waals surface area contributed by atoms with Gasteiger partial charge >= 0.3 is 0 Å². The van der Waals surface area contributed by atoms with Crippen LogP contribution < -0.4 is 15.4 Å². The summed E-state index contributed by atoms with van der Waals surface area (Å²) in [4.78, 5) is 0.340. The Morgan fingerprint density at radius 3 is 2.85 bits per heavy atom. The highest BCUT2D eigenvalue weighted by Crippen LogP contribution is 2.20. The van der Waals surface area contributed by atoms with E-state index in [0.29, 0.717) is 10.8 Å². The lowest BCUT2D eigenvalue weighted by Crippen LogP contribution is -2.33. The average Bonchev–Trinajstić information content (AvgIpc) is 2.47. The Bertz CT molecular complexity index is 552. The summed E-state index contributed by atoms with van der Waals surface area (Å²) in [5.41, 5.74) is 1.61. The summed E-state index contributed by atoms with van der Waals surface area (Å²) in [6.07, 6.45) is 2.42. The predicted molar refractivity (Wildman–Crippen MR) is 81.5 cm³/mol. The number of hydrogen-bond donors (Lipinski definition) is 3. The van der Waals surface area contributed by atoms with Gasteiger partial charge < -0.3 is 10.6 Å². The molecule has 0 aliphatic carbocycles. The fraction of sp³-hybridized carbons (Fsp3) is 0.571. The molecular weight excluding hydrogens is 274 g/mol. The number of aryl methyl sites for hydroxylation is 1. The van der Waals surface area contributed by atoms with Crippen LogP contribution in [0.2, 0.25) is 0 Å². The van der Waals surface area contributed by atoms with Gasteiger partial charge in [0.05, 0.1) is 4.90 Å². The second kappa shape index (κ2) is 6.56. The molecule has 1 fully saturated rings. The minimum absolute atomic E-state index is 0.340. The number of hydrogen-bond acceptors (Lipinski definition) is 4. The minimum atomic E-state index is -3.40. The molecule has 5 nitrogen and oxygen atoms in total. The van der Waals surface area contributed by atoms with Crippen LogP contribution >= 0.6 is 0 Å². The van der Waals surface area contributed by atoms with Gasteiger partial charge in [0, 0.05) is 12.2 Å². The van der Waals surface area contributed by atoms with E-state index in [0.717, 1.165) is 30.9 Å². The first-order valence-electron chi connectivity index (χ1n) is 7.02. The maximum absolute atomic E-state index is 11.9. The van der Waals surface area contributed by atoms with Crippen molar-refractivity contribution in [2.45, 2.75) is 24.7 Å². The summed E-state index contributed by atoms with van der Waals surface area (Å²) >= 11 is 0. The van der Waals surface area contributed by atoms with Crippen molar-refractivity contribution < 1.29 is 8.42 Å². The van der Waals surface area contributed by atoms with Gasteiger partial charge in [-0.2, -0.15) is 0 Å². The van der Waals surface area contributed by atoms with Gasteiger partial charge in [0.2, 0.25) is 10.0 Å². The SMILES string of the molecule is CNS(=O)(=O)c1cc(NCC2CCCNC2)ccc1C. The van der Waals surface area contributed by atoms with Crippen molar-refractivity contribution in [3.8, 4) is 0 Å². The Kier molecular flexibility index (Phi) is 5.01. The van der Waals surface area contributed by atoms with Crippen molar-refractivity contribution in [1.82, 2.24) is 10.0 Å². The molecule has 1 aliphatic heterocycles. The lowest BCUT2D eigenvalue weighted by Gasteiger charge is -2.23. The first kappa shape index (κ1) is 15.3. The first-order valence-corrected chi connectivity index (χ1v) is 8.50. The van der Waals surface area contributed by atoms with Gasteiger partial charge in [0.25, 0.3) is 0 Å². The Morgan fingerprint density at radius 1 is 1.40 bits per heavy atom.